The van der Waals surface area contributed by atoms with Gasteiger partial charge in [-0.25, -0.2) is 4.39 Å². The van der Waals surface area contributed by atoms with E-state index in [1.165, 1.54) is 17.8 Å². The van der Waals surface area contributed by atoms with Gasteiger partial charge in [-0.2, -0.15) is 0 Å². The summed E-state index contributed by atoms with van der Waals surface area (Å²) < 4.78 is 16.1. The quantitative estimate of drug-likeness (QED) is 0.369. The van der Waals surface area contributed by atoms with Crippen LogP contribution in [0.15, 0.2) is 84.0 Å². The van der Waals surface area contributed by atoms with Crippen LogP contribution in [-0.2, 0) is 12.2 Å². The molecule has 0 fully saturated rings. The largest absolute Gasteiger partial charge is 0.274 e. The number of rotatable bonds is 6. The Labute approximate surface area is 172 Å². The van der Waals surface area contributed by atoms with Gasteiger partial charge in [0.2, 0.25) is 0 Å². The average Bonchev–Trinajstić information content (AvgIpc) is 3.11. The lowest BCUT2D eigenvalue weighted by Gasteiger charge is -2.11. The number of nitrogens with zero attached hydrogens (tertiary/aromatic N) is 3. The molecule has 0 saturated heterocycles. The van der Waals surface area contributed by atoms with E-state index in [0.29, 0.717) is 27.9 Å². The van der Waals surface area contributed by atoms with Crippen molar-refractivity contribution in [2.75, 3.05) is 0 Å². The van der Waals surface area contributed by atoms with Crippen LogP contribution in [0.5, 0.6) is 0 Å². The van der Waals surface area contributed by atoms with Crippen LogP contribution in [0.4, 0.5) is 4.39 Å². The van der Waals surface area contributed by atoms with Crippen LogP contribution in [0.1, 0.15) is 17.0 Å². The van der Waals surface area contributed by atoms with Gasteiger partial charge in [0.1, 0.15) is 11.6 Å². The predicted octanol–water partition coefficient (Wildman–Crippen LogP) is 5.94. The molecule has 0 N–H and O–H groups in total. The van der Waals surface area contributed by atoms with Crippen molar-refractivity contribution in [3.05, 3.63) is 107 Å². The first-order valence-corrected chi connectivity index (χ1v) is 10.2. The minimum absolute atomic E-state index is 0.310. The van der Waals surface area contributed by atoms with Gasteiger partial charge < -0.3 is 0 Å². The van der Waals surface area contributed by atoms with Gasteiger partial charge in [-0.1, -0.05) is 78.0 Å². The first-order chi connectivity index (χ1) is 13.7. The van der Waals surface area contributed by atoms with Gasteiger partial charge in [0, 0.05) is 28.4 Å². The predicted molar refractivity (Wildman–Crippen MR) is 112 cm³/mol. The van der Waals surface area contributed by atoms with Crippen molar-refractivity contribution in [1.82, 2.24) is 14.8 Å². The Kier molecular flexibility index (Phi) is 5.74. The number of thioether (sulfide) groups is 1. The summed E-state index contributed by atoms with van der Waals surface area (Å²) in [5, 5.41) is 9.91. The molecule has 0 amide bonds. The van der Waals surface area contributed by atoms with E-state index in [0.717, 1.165) is 17.1 Å². The van der Waals surface area contributed by atoms with Crippen LogP contribution in [0.25, 0.3) is 5.69 Å². The van der Waals surface area contributed by atoms with E-state index in [1.807, 2.05) is 53.1 Å². The van der Waals surface area contributed by atoms with Crippen molar-refractivity contribution >= 4 is 23.4 Å². The molecule has 6 heteroatoms. The van der Waals surface area contributed by atoms with E-state index >= 15 is 0 Å². The van der Waals surface area contributed by atoms with Gasteiger partial charge in [-0.15, -0.1) is 10.2 Å². The maximum atomic E-state index is 14.1. The molecule has 0 aliphatic carbocycles. The second-order valence-electron chi connectivity index (χ2n) is 6.22. The van der Waals surface area contributed by atoms with Crippen molar-refractivity contribution in [3.63, 3.8) is 0 Å². The summed E-state index contributed by atoms with van der Waals surface area (Å²) in [4.78, 5) is 0. The van der Waals surface area contributed by atoms with Crippen molar-refractivity contribution in [1.29, 1.82) is 0 Å². The minimum Gasteiger partial charge on any atom is -0.274 e. The van der Waals surface area contributed by atoms with Crippen LogP contribution in [0.3, 0.4) is 0 Å². The fourth-order valence-electron chi connectivity index (χ4n) is 2.93. The second kappa shape index (κ2) is 8.59. The van der Waals surface area contributed by atoms with Crippen LogP contribution < -0.4 is 0 Å². The molecule has 0 aliphatic rings. The minimum atomic E-state index is -0.310. The lowest BCUT2D eigenvalue weighted by atomic mass is 10.1. The number of benzene rings is 3. The molecule has 1 aromatic heterocycles. The van der Waals surface area contributed by atoms with Gasteiger partial charge in [0.25, 0.3) is 0 Å². The van der Waals surface area contributed by atoms with Crippen LogP contribution in [-0.4, -0.2) is 14.8 Å². The van der Waals surface area contributed by atoms with Gasteiger partial charge in [-0.3, -0.25) is 4.57 Å². The van der Waals surface area contributed by atoms with E-state index < -0.39 is 0 Å². The molecule has 4 rings (SSSR count). The molecule has 4 aromatic rings. The molecule has 1 heterocycles. The standard InChI is InChI=1S/C22H17ClFN3S/c23-19-12-7-13-20(24)18(19)15-28-22-26-25-21(14-16-8-3-1-4-9-16)27(22)17-10-5-2-6-11-17/h1-13H,14-15H2. The molecule has 3 aromatic carbocycles. The summed E-state index contributed by atoms with van der Waals surface area (Å²) in [7, 11) is 0. The monoisotopic (exact) mass is 409 g/mol. The highest BCUT2D eigenvalue weighted by molar-refractivity contribution is 7.98. The Hall–Kier alpha value is -2.63. The molecule has 0 spiro atoms. The average molecular weight is 410 g/mol. The van der Waals surface area contributed by atoms with E-state index in [2.05, 4.69) is 22.3 Å². The highest BCUT2D eigenvalue weighted by Gasteiger charge is 2.16. The van der Waals surface area contributed by atoms with Crippen LogP contribution in [0.2, 0.25) is 5.02 Å². The summed E-state index contributed by atoms with van der Waals surface area (Å²) in [6.45, 7) is 0. The zero-order chi connectivity index (χ0) is 19.3. The summed E-state index contributed by atoms with van der Waals surface area (Å²) in [6.07, 6.45) is 0.656. The Morgan fingerprint density at radius 3 is 2.29 bits per heavy atom. The molecular formula is C22H17ClFN3S. The van der Waals surface area contributed by atoms with Gasteiger partial charge in [0.05, 0.1) is 0 Å². The third kappa shape index (κ3) is 4.11. The Bertz CT molecular complexity index is 1050. The van der Waals surface area contributed by atoms with Crippen LogP contribution in [0, 0.1) is 5.82 Å². The lowest BCUT2D eigenvalue weighted by molar-refractivity contribution is 0.617. The first-order valence-electron chi connectivity index (χ1n) is 8.81. The topological polar surface area (TPSA) is 30.7 Å². The molecule has 3 nitrogen and oxygen atoms in total. The maximum absolute atomic E-state index is 14.1. The van der Waals surface area contributed by atoms with Gasteiger partial charge in [-0.05, 0) is 29.8 Å². The molecule has 0 atom stereocenters. The Morgan fingerprint density at radius 2 is 1.57 bits per heavy atom. The summed E-state index contributed by atoms with van der Waals surface area (Å²) in [5.41, 5.74) is 2.60. The smallest absolute Gasteiger partial charge is 0.196 e. The number of hydrogen-bond donors (Lipinski definition) is 0. The molecule has 0 aliphatic heterocycles. The summed E-state index contributed by atoms with van der Waals surface area (Å²) in [5.74, 6) is 0.900. The van der Waals surface area contributed by atoms with E-state index in [1.54, 1.807) is 12.1 Å². The van der Waals surface area contributed by atoms with E-state index in [-0.39, 0.29) is 5.82 Å². The SMILES string of the molecule is Fc1cccc(Cl)c1CSc1nnc(Cc2ccccc2)n1-c1ccccc1. The fraction of sp³-hybridized carbons (Fsp3) is 0.0909. The zero-order valence-electron chi connectivity index (χ0n) is 14.9. The summed E-state index contributed by atoms with van der Waals surface area (Å²) >= 11 is 7.59. The van der Waals surface area contributed by atoms with Crippen molar-refractivity contribution in [2.45, 2.75) is 17.3 Å². The first kappa shape index (κ1) is 18.7. The second-order valence-corrected chi connectivity index (χ2v) is 7.57. The highest BCUT2D eigenvalue weighted by atomic mass is 35.5. The highest BCUT2D eigenvalue weighted by Crippen LogP contribution is 2.30. The Morgan fingerprint density at radius 1 is 0.857 bits per heavy atom. The van der Waals surface area contributed by atoms with Crippen molar-refractivity contribution in [3.8, 4) is 5.69 Å². The van der Waals surface area contributed by atoms with Crippen molar-refractivity contribution in [2.24, 2.45) is 0 Å². The van der Waals surface area contributed by atoms with Crippen LogP contribution >= 0.6 is 23.4 Å². The van der Waals surface area contributed by atoms with E-state index in [9.17, 15) is 4.39 Å². The summed E-state index contributed by atoms with van der Waals surface area (Å²) in [6, 6.07) is 24.8. The zero-order valence-corrected chi connectivity index (χ0v) is 16.5. The molecule has 0 radical (unpaired) electrons. The molecule has 0 bridgehead atoms. The molecule has 140 valence electrons. The normalized spacial score (nSPS) is 10.9. The fourth-order valence-corrected chi connectivity index (χ4v) is 4.24. The maximum Gasteiger partial charge on any atom is 0.196 e. The van der Waals surface area contributed by atoms with E-state index in [4.69, 9.17) is 11.6 Å². The number of para-hydroxylation sites is 1. The third-order valence-corrected chi connectivity index (χ3v) is 5.64. The molecule has 28 heavy (non-hydrogen) atoms. The van der Waals surface area contributed by atoms with Gasteiger partial charge in [0.15, 0.2) is 5.16 Å². The van der Waals surface area contributed by atoms with Gasteiger partial charge >= 0.3 is 0 Å². The third-order valence-electron chi connectivity index (χ3n) is 4.33. The number of hydrogen-bond acceptors (Lipinski definition) is 3. The lowest BCUT2D eigenvalue weighted by Crippen LogP contribution is -2.04. The number of halogens is 2. The number of aromatic nitrogens is 3. The molecule has 0 unspecified atom stereocenters. The molecular weight excluding hydrogens is 393 g/mol. The van der Waals surface area contributed by atoms with Crippen molar-refractivity contribution < 1.29 is 4.39 Å². The molecule has 0 saturated carbocycles. The Balaban J connectivity index is 1.67.